The molecule has 84 valence electrons. The summed E-state index contributed by atoms with van der Waals surface area (Å²) >= 11 is 5.84. The number of hydrogen-bond donors (Lipinski definition) is 1. The van der Waals surface area contributed by atoms with E-state index < -0.39 is 0 Å². The molecular formula is C12H11ClO3. The number of phenolic OH excluding ortho intramolecular Hbond substituents is 1. The van der Waals surface area contributed by atoms with Gasteiger partial charge in [0.25, 0.3) is 0 Å². The van der Waals surface area contributed by atoms with Gasteiger partial charge in [0.05, 0.1) is 11.6 Å². The Kier molecular flexibility index (Phi) is 4.68. The number of carbonyl (C=O) groups is 1. The largest absolute Gasteiger partial charge is 0.508 e. The van der Waals surface area contributed by atoms with Crippen LogP contribution in [-0.2, 0) is 9.53 Å². The maximum Gasteiger partial charge on any atom is 0.317 e. The normalized spacial score (nSPS) is 9.12. The Labute approximate surface area is 99.0 Å². The molecule has 1 N–H and O–H groups in total. The van der Waals surface area contributed by atoms with Crippen LogP contribution in [0.25, 0.3) is 0 Å². The maximum absolute atomic E-state index is 11.0. The predicted molar refractivity (Wildman–Crippen MR) is 61.2 cm³/mol. The van der Waals surface area contributed by atoms with Gasteiger partial charge in [0, 0.05) is 5.56 Å². The minimum atomic E-state index is -0.369. The number of rotatable bonds is 2. The summed E-state index contributed by atoms with van der Waals surface area (Å²) < 4.78 is 4.71. The van der Waals surface area contributed by atoms with Gasteiger partial charge in [-0.15, -0.1) is 0 Å². The lowest BCUT2D eigenvalue weighted by molar-refractivity contribution is -0.141. The van der Waals surface area contributed by atoms with E-state index in [-0.39, 0.29) is 18.1 Å². The molecule has 0 saturated heterocycles. The van der Waals surface area contributed by atoms with Crippen molar-refractivity contribution in [1.82, 2.24) is 0 Å². The van der Waals surface area contributed by atoms with Gasteiger partial charge in [-0.25, -0.2) is 0 Å². The van der Waals surface area contributed by atoms with Gasteiger partial charge >= 0.3 is 5.97 Å². The molecule has 16 heavy (non-hydrogen) atoms. The molecule has 3 nitrogen and oxygen atoms in total. The van der Waals surface area contributed by atoms with E-state index in [2.05, 4.69) is 11.8 Å². The fourth-order valence-corrected chi connectivity index (χ4v) is 1.20. The molecule has 0 spiro atoms. The highest BCUT2D eigenvalue weighted by atomic mass is 35.5. The molecule has 4 heteroatoms. The first-order valence-corrected chi connectivity index (χ1v) is 5.14. The molecule has 0 aliphatic heterocycles. The molecule has 1 aromatic rings. The molecule has 1 aromatic carbocycles. The number of phenols is 1. The van der Waals surface area contributed by atoms with Gasteiger partial charge in [0.15, 0.2) is 0 Å². The summed E-state index contributed by atoms with van der Waals surface area (Å²) in [5.74, 6) is 5.05. The lowest BCUT2D eigenvalue weighted by Gasteiger charge is -1.97. The second-order valence-corrected chi connectivity index (χ2v) is 3.35. The molecule has 0 radical (unpaired) electrons. The van der Waals surface area contributed by atoms with Crippen molar-refractivity contribution < 1.29 is 14.6 Å². The molecule has 0 amide bonds. The zero-order valence-electron chi connectivity index (χ0n) is 8.79. The van der Waals surface area contributed by atoms with Gasteiger partial charge in [-0.05, 0) is 25.1 Å². The minimum Gasteiger partial charge on any atom is -0.508 e. The highest BCUT2D eigenvalue weighted by molar-refractivity contribution is 6.31. The standard InChI is InChI=1S/C12H11ClO3/c1-2-16-12(15)5-3-4-9-8-10(14)6-7-11(9)13/h6-8,14H,2,5H2,1H3. The number of aromatic hydroxyl groups is 1. The van der Waals surface area contributed by atoms with Crippen molar-refractivity contribution in [2.75, 3.05) is 6.61 Å². The van der Waals surface area contributed by atoms with E-state index in [1.165, 1.54) is 12.1 Å². The van der Waals surface area contributed by atoms with Crippen LogP contribution in [0.3, 0.4) is 0 Å². The lowest BCUT2D eigenvalue weighted by atomic mass is 10.2. The molecule has 0 bridgehead atoms. The number of benzene rings is 1. The van der Waals surface area contributed by atoms with E-state index in [0.717, 1.165) is 0 Å². The zero-order chi connectivity index (χ0) is 12.0. The summed E-state index contributed by atoms with van der Waals surface area (Å²) in [6, 6.07) is 4.46. The van der Waals surface area contributed by atoms with Gasteiger partial charge in [0.1, 0.15) is 12.2 Å². The molecule has 1 rings (SSSR count). The molecule has 0 saturated carbocycles. The Morgan fingerprint density at radius 2 is 2.31 bits per heavy atom. The van der Waals surface area contributed by atoms with Crippen molar-refractivity contribution in [1.29, 1.82) is 0 Å². The van der Waals surface area contributed by atoms with E-state index in [9.17, 15) is 9.90 Å². The van der Waals surface area contributed by atoms with Crippen LogP contribution in [0.2, 0.25) is 5.02 Å². The number of ether oxygens (including phenoxy) is 1. The van der Waals surface area contributed by atoms with E-state index in [4.69, 9.17) is 16.3 Å². The van der Waals surface area contributed by atoms with Crippen LogP contribution in [0.1, 0.15) is 18.9 Å². The molecule has 0 fully saturated rings. The van der Waals surface area contributed by atoms with Gasteiger partial charge in [-0.3, -0.25) is 4.79 Å². The minimum absolute atomic E-state index is 0.0137. The Bertz CT molecular complexity index is 443. The quantitative estimate of drug-likeness (QED) is 0.636. The highest BCUT2D eigenvalue weighted by Crippen LogP contribution is 2.19. The van der Waals surface area contributed by atoms with Crippen LogP contribution in [0.5, 0.6) is 5.75 Å². The second-order valence-electron chi connectivity index (χ2n) is 2.95. The van der Waals surface area contributed by atoms with E-state index in [0.29, 0.717) is 17.2 Å². The SMILES string of the molecule is CCOC(=O)CC#Cc1cc(O)ccc1Cl. The average Bonchev–Trinajstić information content (AvgIpc) is 2.23. The summed E-state index contributed by atoms with van der Waals surface area (Å²) in [6.45, 7) is 2.07. The van der Waals surface area contributed by atoms with Crippen molar-refractivity contribution in [3.63, 3.8) is 0 Å². The van der Waals surface area contributed by atoms with Crippen LogP contribution >= 0.6 is 11.6 Å². The number of hydrogen-bond acceptors (Lipinski definition) is 3. The number of carbonyl (C=O) groups excluding carboxylic acids is 1. The Hall–Kier alpha value is -1.66. The average molecular weight is 239 g/mol. The van der Waals surface area contributed by atoms with Crippen molar-refractivity contribution in [2.24, 2.45) is 0 Å². The number of halogens is 1. The van der Waals surface area contributed by atoms with Crippen molar-refractivity contribution in [3.05, 3.63) is 28.8 Å². The molecule has 0 unspecified atom stereocenters. The molecule has 0 atom stereocenters. The Morgan fingerprint density at radius 3 is 3.00 bits per heavy atom. The molecule has 0 aromatic heterocycles. The van der Waals surface area contributed by atoms with Gasteiger partial charge in [0.2, 0.25) is 0 Å². The molecule has 0 aliphatic carbocycles. The summed E-state index contributed by atoms with van der Waals surface area (Å²) in [4.78, 5) is 11.0. The Morgan fingerprint density at radius 1 is 1.56 bits per heavy atom. The molecular weight excluding hydrogens is 228 g/mol. The smallest absolute Gasteiger partial charge is 0.317 e. The monoisotopic (exact) mass is 238 g/mol. The second kappa shape index (κ2) is 6.04. The van der Waals surface area contributed by atoms with Gasteiger partial charge in [-0.1, -0.05) is 23.4 Å². The summed E-state index contributed by atoms with van der Waals surface area (Å²) in [7, 11) is 0. The first kappa shape index (κ1) is 12.4. The van der Waals surface area contributed by atoms with E-state index in [1.54, 1.807) is 13.0 Å². The van der Waals surface area contributed by atoms with Crippen LogP contribution in [0.15, 0.2) is 18.2 Å². The van der Waals surface area contributed by atoms with Crippen molar-refractivity contribution in [2.45, 2.75) is 13.3 Å². The fourth-order valence-electron chi connectivity index (χ4n) is 1.03. The Balaban J connectivity index is 2.69. The first-order valence-electron chi connectivity index (χ1n) is 4.76. The summed E-state index contributed by atoms with van der Waals surface area (Å²) in [5.41, 5.74) is 0.492. The maximum atomic E-state index is 11.0. The third-order valence-electron chi connectivity index (χ3n) is 1.71. The lowest BCUT2D eigenvalue weighted by Crippen LogP contribution is -2.01. The topological polar surface area (TPSA) is 46.5 Å². The van der Waals surface area contributed by atoms with E-state index >= 15 is 0 Å². The van der Waals surface area contributed by atoms with Crippen molar-refractivity contribution >= 4 is 17.6 Å². The van der Waals surface area contributed by atoms with Gasteiger partial charge in [-0.2, -0.15) is 0 Å². The van der Waals surface area contributed by atoms with Crippen LogP contribution < -0.4 is 0 Å². The van der Waals surface area contributed by atoms with Crippen LogP contribution in [-0.4, -0.2) is 17.7 Å². The van der Waals surface area contributed by atoms with Crippen molar-refractivity contribution in [3.8, 4) is 17.6 Å². The number of esters is 1. The predicted octanol–water partition coefficient (Wildman–Crippen LogP) is 2.35. The van der Waals surface area contributed by atoms with E-state index in [1.807, 2.05) is 0 Å². The summed E-state index contributed by atoms with van der Waals surface area (Å²) in [5, 5.41) is 9.65. The molecule has 0 heterocycles. The highest BCUT2D eigenvalue weighted by Gasteiger charge is 1.99. The summed E-state index contributed by atoms with van der Waals surface area (Å²) in [6.07, 6.45) is 0.0137. The molecule has 0 aliphatic rings. The van der Waals surface area contributed by atoms with Gasteiger partial charge < -0.3 is 9.84 Å². The zero-order valence-corrected chi connectivity index (χ0v) is 9.54. The third kappa shape index (κ3) is 3.84. The van der Waals surface area contributed by atoms with Crippen LogP contribution in [0, 0.1) is 11.8 Å². The van der Waals surface area contributed by atoms with Crippen LogP contribution in [0.4, 0.5) is 0 Å². The first-order chi connectivity index (χ1) is 7.63. The fraction of sp³-hybridized carbons (Fsp3) is 0.250. The third-order valence-corrected chi connectivity index (χ3v) is 2.04.